The number of nitriles is 1. The molecule has 0 aliphatic carbocycles. The third-order valence-corrected chi connectivity index (χ3v) is 2.41. The fourth-order valence-corrected chi connectivity index (χ4v) is 1.54. The van der Waals surface area contributed by atoms with Crippen LogP contribution in [-0.4, -0.2) is 11.0 Å². The van der Waals surface area contributed by atoms with Crippen LogP contribution in [0.15, 0.2) is 42.6 Å². The number of pyridine rings is 1. The van der Waals surface area contributed by atoms with Crippen molar-refractivity contribution >= 4 is 17.5 Å². The Morgan fingerprint density at radius 3 is 2.74 bits per heavy atom. The number of rotatable bonds is 2. The van der Waals surface area contributed by atoms with Gasteiger partial charge in [0.1, 0.15) is 11.9 Å². The van der Waals surface area contributed by atoms with Gasteiger partial charge in [-0.2, -0.15) is 5.26 Å². The number of carbonyl (C=O) groups is 1. The molecule has 0 aliphatic rings. The zero-order chi connectivity index (χ0) is 13.7. The Balaban J connectivity index is 1.99. The standard InChI is InChI=1S/C14H12N4O/c1-10-3-2-4-12(7-10)17-14(19)18-13-6-5-11(8-15)9-16-13/h2-7,9H,1H3,(H2,16,17,18,19). The van der Waals surface area contributed by atoms with Gasteiger partial charge in [0.2, 0.25) is 0 Å². The maximum atomic E-state index is 11.7. The van der Waals surface area contributed by atoms with Gasteiger partial charge < -0.3 is 5.32 Å². The lowest BCUT2D eigenvalue weighted by molar-refractivity contribution is 0.262. The Morgan fingerprint density at radius 1 is 1.26 bits per heavy atom. The van der Waals surface area contributed by atoms with E-state index in [0.29, 0.717) is 17.1 Å². The van der Waals surface area contributed by atoms with Crippen LogP contribution in [0.1, 0.15) is 11.1 Å². The normalized spacial score (nSPS) is 9.47. The highest BCUT2D eigenvalue weighted by Crippen LogP contribution is 2.10. The number of anilines is 2. The third-order valence-electron chi connectivity index (χ3n) is 2.41. The molecule has 0 aliphatic heterocycles. The van der Waals surface area contributed by atoms with Crippen molar-refractivity contribution in [1.82, 2.24) is 4.98 Å². The first kappa shape index (κ1) is 12.6. The van der Waals surface area contributed by atoms with Gasteiger partial charge in [-0.05, 0) is 36.8 Å². The van der Waals surface area contributed by atoms with E-state index in [2.05, 4.69) is 15.6 Å². The molecule has 0 saturated heterocycles. The largest absolute Gasteiger partial charge is 0.324 e. The number of nitrogens with one attached hydrogen (secondary N) is 2. The number of hydrogen-bond donors (Lipinski definition) is 2. The van der Waals surface area contributed by atoms with Gasteiger partial charge in [-0.3, -0.25) is 5.32 Å². The van der Waals surface area contributed by atoms with Crippen LogP contribution >= 0.6 is 0 Å². The van der Waals surface area contributed by atoms with Crippen molar-refractivity contribution in [2.45, 2.75) is 6.92 Å². The quantitative estimate of drug-likeness (QED) is 0.862. The Hall–Kier alpha value is -2.87. The SMILES string of the molecule is Cc1cccc(NC(=O)Nc2ccc(C#N)cn2)c1. The summed E-state index contributed by atoms with van der Waals surface area (Å²) in [6.07, 6.45) is 1.41. The van der Waals surface area contributed by atoms with Gasteiger partial charge in [0.25, 0.3) is 0 Å². The number of nitrogens with zero attached hydrogens (tertiary/aromatic N) is 2. The van der Waals surface area contributed by atoms with Crippen LogP contribution in [-0.2, 0) is 0 Å². The first-order valence-corrected chi connectivity index (χ1v) is 5.68. The summed E-state index contributed by atoms with van der Waals surface area (Å²) < 4.78 is 0. The molecule has 2 N–H and O–H groups in total. The number of amides is 2. The van der Waals surface area contributed by atoms with Crippen LogP contribution in [0.4, 0.5) is 16.3 Å². The van der Waals surface area contributed by atoms with Crippen molar-refractivity contribution in [2.75, 3.05) is 10.6 Å². The van der Waals surface area contributed by atoms with E-state index >= 15 is 0 Å². The number of urea groups is 1. The molecule has 1 heterocycles. The number of aromatic nitrogens is 1. The first-order chi connectivity index (χ1) is 9.17. The molecule has 5 heteroatoms. The van der Waals surface area contributed by atoms with Crippen LogP contribution in [0.2, 0.25) is 0 Å². The van der Waals surface area contributed by atoms with E-state index in [9.17, 15) is 4.79 Å². The van der Waals surface area contributed by atoms with Crippen LogP contribution in [0.5, 0.6) is 0 Å². The van der Waals surface area contributed by atoms with Crippen LogP contribution in [0.3, 0.4) is 0 Å². The Morgan fingerprint density at radius 2 is 2.11 bits per heavy atom. The van der Waals surface area contributed by atoms with Crippen molar-refractivity contribution < 1.29 is 4.79 Å². The van der Waals surface area contributed by atoms with Crippen molar-refractivity contribution in [3.8, 4) is 6.07 Å². The molecule has 0 radical (unpaired) electrons. The van der Waals surface area contributed by atoms with Gasteiger partial charge in [0, 0.05) is 11.9 Å². The zero-order valence-electron chi connectivity index (χ0n) is 10.3. The predicted octanol–water partition coefficient (Wildman–Crippen LogP) is 2.91. The van der Waals surface area contributed by atoms with E-state index in [0.717, 1.165) is 5.56 Å². The highest BCUT2D eigenvalue weighted by atomic mass is 16.2. The average molecular weight is 252 g/mol. The van der Waals surface area contributed by atoms with E-state index in [1.165, 1.54) is 6.20 Å². The van der Waals surface area contributed by atoms with E-state index < -0.39 is 0 Å². The highest BCUT2D eigenvalue weighted by molar-refractivity contribution is 5.99. The van der Waals surface area contributed by atoms with Gasteiger partial charge in [0.15, 0.2) is 0 Å². The monoisotopic (exact) mass is 252 g/mol. The zero-order valence-corrected chi connectivity index (χ0v) is 10.3. The second-order valence-electron chi connectivity index (χ2n) is 3.99. The van der Waals surface area contributed by atoms with Crippen LogP contribution in [0.25, 0.3) is 0 Å². The Kier molecular flexibility index (Phi) is 3.74. The molecule has 2 rings (SSSR count). The second-order valence-corrected chi connectivity index (χ2v) is 3.99. The van der Waals surface area contributed by atoms with Gasteiger partial charge in [-0.1, -0.05) is 12.1 Å². The molecular weight excluding hydrogens is 240 g/mol. The molecule has 0 unspecified atom stereocenters. The lowest BCUT2D eigenvalue weighted by Gasteiger charge is -2.07. The lowest BCUT2D eigenvalue weighted by atomic mass is 10.2. The van der Waals surface area contributed by atoms with Gasteiger partial charge in [0.05, 0.1) is 5.56 Å². The fourth-order valence-electron chi connectivity index (χ4n) is 1.54. The molecule has 0 spiro atoms. The molecule has 0 bridgehead atoms. The van der Waals surface area contributed by atoms with Gasteiger partial charge in [-0.15, -0.1) is 0 Å². The predicted molar refractivity (Wildman–Crippen MR) is 72.8 cm³/mol. The smallest absolute Gasteiger partial charge is 0.308 e. The molecule has 0 fully saturated rings. The Bertz CT molecular complexity index is 629. The maximum Gasteiger partial charge on any atom is 0.324 e. The summed E-state index contributed by atoms with van der Waals surface area (Å²) in [5.41, 5.74) is 2.23. The topological polar surface area (TPSA) is 77.8 Å². The number of aryl methyl sites for hydroxylation is 1. The summed E-state index contributed by atoms with van der Waals surface area (Å²) in [7, 11) is 0. The molecule has 0 atom stereocenters. The molecule has 94 valence electrons. The number of benzene rings is 1. The molecule has 1 aromatic carbocycles. The van der Waals surface area contributed by atoms with Gasteiger partial charge >= 0.3 is 6.03 Å². The average Bonchev–Trinajstić information content (AvgIpc) is 2.39. The highest BCUT2D eigenvalue weighted by Gasteiger charge is 2.03. The molecular formula is C14H12N4O. The maximum absolute atomic E-state index is 11.7. The summed E-state index contributed by atoms with van der Waals surface area (Å²) in [6, 6.07) is 12.2. The molecule has 2 amide bonds. The molecule has 0 saturated carbocycles. The minimum atomic E-state index is -0.372. The van der Waals surface area contributed by atoms with Crippen molar-refractivity contribution in [3.05, 3.63) is 53.7 Å². The summed E-state index contributed by atoms with van der Waals surface area (Å²) in [4.78, 5) is 15.7. The van der Waals surface area contributed by atoms with Crippen LogP contribution < -0.4 is 10.6 Å². The van der Waals surface area contributed by atoms with E-state index in [1.54, 1.807) is 18.2 Å². The molecule has 2 aromatic rings. The van der Waals surface area contributed by atoms with E-state index in [1.807, 2.05) is 31.2 Å². The van der Waals surface area contributed by atoms with Crippen molar-refractivity contribution in [2.24, 2.45) is 0 Å². The summed E-state index contributed by atoms with van der Waals surface area (Å²) >= 11 is 0. The molecule has 5 nitrogen and oxygen atoms in total. The Labute approximate surface area is 110 Å². The summed E-state index contributed by atoms with van der Waals surface area (Å²) in [5, 5.41) is 13.9. The lowest BCUT2D eigenvalue weighted by Crippen LogP contribution is -2.20. The fraction of sp³-hybridized carbons (Fsp3) is 0.0714. The van der Waals surface area contributed by atoms with Gasteiger partial charge in [-0.25, -0.2) is 9.78 Å². The minimum absolute atomic E-state index is 0.372. The second kappa shape index (κ2) is 5.65. The first-order valence-electron chi connectivity index (χ1n) is 5.68. The van der Waals surface area contributed by atoms with Crippen molar-refractivity contribution in [1.29, 1.82) is 5.26 Å². The molecule has 19 heavy (non-hydrogen) atoms. The van der Waals surface area contributed by atoms with Crippen molar-refractivity contribution in [3.63, 3.8) is 0 Å². The number of carbonyl (C=O) groups excluding carboxylic acids is 1. The molecule has 1 aromatic heterocycles. The number of hydrogen-bond acceptors (Lipinski definition) is 3. The van der Waals surface area contributed by atoms with E-state index in [-0.39, 0.29) is 6.03 Å². The summed E-state index contributed by atoms with van der Waals surface area (Å²) in [6.45, 7) is 1.95. The summed E-state index contributed by atoms with van der Waals surface area (Å²) in [5.74, 6) is 0.393. The van der Waals surface area contributed by atoms with E-state index in [4.69, 9.17) is 5.26 Å². The minimum Gasteiger partial charge on any atom is -0.308 e. The van der Waals surface area contributed by atoms with Crippen LogP contribution in [0, 0.1) is 18.3 Å². The third kappa shape index (κ3) is 3.54.